The molecule has 0 aliphatic rings. The minimum atomic E-state index is 0. The lowest BCUT2D eigenvalue weighted by Crippen LogP contribution is -2.39. The third-order valence-electron chi connectivity index (χ3n) is 3.16. The van der Waals surface area contributed by atoms with Crippen LogP contribution < -0.4 is 5.32 Å². The van der Waals surface area contributed by atoms with Gasteiger partial charge >= 0.3 is 0 Å². The van der Waals surface area contributed by atoms with Gasteiger partial charge in [0.2, 0.25) is 0 Å². The van der Waals surface area contributed by atoms with Gasteiger partial charge in [-0.25, -0.2) is 0 Å². The second-order valence-electron chi connectivity index (χ2n) is 4.95. The molecule has 0 saturated heterocycles. The highest BCUT2D eigenvalue weighted by molar-refractivity contribution is 14.0. The molecule has 0 fully saturated rings. The highest BCUT2D eigenvalue weighted by atomic mass is 127. The molecule has 0 bridgehead atoms. The third-order valence-corrected chi connectivity index (χ3v) is 3.16. The zero-order chi connectivity index (χ0) is 14.8. The summed E-state index contributed by atoms with van der Waals surface area (Å²) in [4.78, 5) is 6.46. The molecule has 1 aromatic heterocycles. The Bertz CT molecular complexity index is 427. The number of aryl methyl sites for hydroxylation is 2. The van der Waals surface area contributed by atoms with Crippen molar-refractivity contribution in [1.29, 1.82) is 0 Å². The molecule has 1 rings (SSSR count). The predicted octanol–water partition coefficient (Wildman–Crippen LogP) is 2.44. The Morgan fingerprint density at radius 2 is 2.29 bits per heavy atom. The first-order valence-corrected chi connectivity index (χ1v) is 7.17. The van der Waals surface area contributed by atoms with Crippen LogP contribution >= 0.6 is 24.0 Å². The van der Waals surface area contributed by atoms with Gasteiger partial charge in [-0.1, -0.05) is 6.08 Å². The summed E-state index contributed by atoms with van der Waals surface area (Å²) in [5, 5.41) is 7.57. The maximum absolute atomic E-state index is 4.30. The van der Waals surface area contributed by atoms with E-state index in [0.717, 1.165) is 44.7 Å². The maximum Gasteiger partial charge on any atom is 0.193 e. The van der Waals surface area contributed by atoms with E-state index < -0.39 is 0 Å². The first kappa shape index (κ1) is 19.9. The Labute approximate surface area is 145 Å². The van der Waals surface area contributed by atoms with Gasteiger partial charge in [-0.15, -0.1) is 30.6 Å². The van der Waals surface area contributed by atoms with Crippen molar-refractivity contribution in [2.45, 2.75) is 25.7 Å². The number of aromatic nitrogens is 2. The smallest absolute Gasteiger partial charge is 0.193 e. The van der Waals surface area contributed by atoms with Crippen LogP contribution in [0.2, 0.25) is 0 Å². The molecule has 0 radical (unpaired) electrons. The molecule has 1 N–H and O–H groups in total. The average molecular weight is 405 g/mol. The molecule has 0 unspecified atom stereocenters. The minimum absolute atomic E-state index is 0. The van der Waals surface area contributed by atoms with Gasteiger partial charge < -0.3 is 10.2 Å². The summed E-state index contributed by atoms with van der Waals surface area (Å²) >= 11 is 0. The van der Waals surface area contributed by atoms with Crippen molar-refractivity contribution in [2.75, 3.05) is 27.2 Å². The van der Waals surface area contributed by atoms with E-state index in [4.69, 9.17) is 0 Å². The van der Waals surface area contributed by atoms with E-state index >= 15 is 0 Å². The second kappa shape index (κ2) is 11.6. The maximum atomic E-state index is 4.30. The summed E-state index contributed by atoms with van der Waals surface area (Å²) in [7, 11) is 5.84. The van der Waals surface area contributed by atoms with Gasteiger partial charge in [-0.05, 0) is 31.2 Å². The molecule has 0 amide bonds. The normalized spacial score (nSPS) is 10.9. The zero-order valence-electron chi connectivity index (χ0n) is 13.4. The summed E-state index contributed by atoms with van der Waals surface area (Å²) in [6, 6.07) is 0. The van der Waals surface area contributed by atoms with Crippen LogP contribution in [0.4, 0.5) is 0 Å². The number of allylic oxidation sites excluding steroid dienone is 1. The number of unbranched alkanes of at least 4 members (excludes halogenated alkanes) is 1. The summed E-state index contributed by atoms with van der Waals surface area (Å²) in [5.41, 5.74) is 1.28. The Balaban J connectivity index is 0.00000400. The lowest BCUT2D eigenvalue weighted by atomic mass is 10.2. The van der Waals surface area contributed by atoms with Crippen molar-refractivity contribution in [3.63, 3.8) is 0 Å². The fourth-order valence-corrected chi connectivity index (χ4v) is 2.06. The lowest BCUT2D eigenvalue weighted by Gasteiger charge is -2.21. The molecule has 0 spiro atoms. The fraction of sp³-hybridized carbons (Fsp3) is 0.600. The van der Waals surface area contributed by atoms with Crippen molar-refractivity contribution < 1.29 is 0 Å². The van der Waals surface area contributed by atoms with Crippen LogP contribution in [0.15, 0.2) is 30.0 Å². The van der Waals surface area contributed by atoms with E-state index in [1.165, 1.54) is 5.56 Å². The Morgan fingerprint density at radius 1 is 1.52 bits per heavy atom. The van der Waals surface area contributed by atoms with Crippen LogP contribution in [0.3, 0.4) is 0 Å². The summed E-state index contributed by atoms with van der Waals surface area (Å²) < 4.78 is 1.84. The molecular formula is C15H28IN5. The second-order valence-corrected chi connectivity index (χ2v) is 4.95. The van der Waals surface area contributed by atoms with E-state index in [1.54, 1.807) is 0 Å². The fourth-order valence-electron chi connectivity index (χ4n) is 2.06. The van der Waals surface area contributed by atoms with Crippen LogP contribution in [0.25, 0.3) is 0 Å². The van der Waals surface area contributed by atoms with Crippen molar-refractivity contribution in [2.24, 2.45) is 12.0 Å². The van der Waals surface area contributed by atoms with Crippen LogP contribution in [0, 0.1) is 0 Å². The molecule has 1 aromatic rings. The first-order valence-electron chi connectivity index (χ1n) is 7.17. The molecule has 6 heteroatoms. The highest BCUT2D eigenvalue weighted by Gasteiger charge is 2.04. The number of aliphatic imine (C=N–C) groups is 1. The van der Waals surface area contributed by atoms with Gasteiger partial charge in [0.25, 0.3) is 0 Å². The molecule has 21 heavy (non-hydrogen) atoms. The van der Waals surface area contributed by atoms with Crippen molar-refractivity contribution >= 4 is 29.9 Å². The largest absolute Gasteiger partial charge is 0.356 e. The molecule has 1 heterocycles. The number of nitrogens with zero attached hydrogens (tertiary/aromatic N) is 4. The van der Waals surface area contributed by atoms with Crippen LogP contribution in [0.5, 0.6) is 0 Å². The van der Waals surface area contributed by atoms with Gasteiger partial charge in [0.1, 0.15) is 0 Å². The van der Waals surface area contributed by atoms with E-state index in [-0.39, 0.29) is 24.0 Å². The number of halogens is 1. The highest BCUT2D eigenvalue weighted by Crippen LogP contribution is 2.00. The number of rotatable bonds is 8. The SMILES string of the molecule is C=CCCCN(C)C(=NC)NCCCc1cnn(C)c1.I. The number of hydrogen-bond acceptors (Lipinski definition) is 2. The summed E-state index contributed by atoms with van der Waals surface area (Å²) in [5.74, 6) is 0.959. The molecule has 0 aliphatic heterocycles. The standard InChI is InChI=1S/C15H27N5.HI/c1-5-6-7-11-19(3)15(16-2)17-10-8-9-14-12-18-20(4)13-14;/h5,12-13H,1,6-11H2,2-4H3,(H,16,17);1H. The van der Waals surface area contributed by atoms with Crippen molar-refractivity contribution in [3.05, 3.63) is 30.6 Å². The van der Waals surface area contributed by atoms with E-state index in [1.807, 2.05) is 31.1 Å². The van der Waals surface area contributed by atoms with Crippen molar-refractivity contribution in [3.8, 4) is 0 Å². The van der Waals surface area contributed by atoms with Gasteiger partial charge in [-0.2, -0.15) is 5.10 Å². The summed E-state index contributed by atoms with van der Waals surface area (Å²) in [6.45, 7) is 5.66. The van der Waals surface area contributed by atoms with Crippen LogP contribution in [-0.4, -0.2) is 47.8 Å². The van der Waals surface area contributed by atoms with Gasteiger partial charge in [0, 0.05) is 40.4 Å². The minimum Gasteiger partial charge on any atom is -0.356 e. The van der Waals surface area contributed by atoms with E-state index in [2.05, 4.69) is 40.1 Å². The zero-order valence-corrected chi connectivity index (χ0v) is 15.7. The number of nitrogens with one attached hydrogen (secondary N) is 1. The molecule has 120 valence electrons. The average Bonchev–Trinajstić information content (AvgIpc) is 2.84. The van der Waals surface area contributed by atoms with E-state index in [9.17, 15) is 0 Å². The molecular weight excluding hydrogens is 377 g/mol. The molecule has 0 aliphatic carbocycles. The quantitative estimate of drug-likeness (QED) is 0.238. The van der Waals surface area contributed by atoms with Gasteiger partial charge in [0.05, 0.1) is 6.20 Å². The van der Waals surface area contributed by atoms with Gasteiger partial charge in [0.15, 0.2) is 5.96 Å². The predicted molar refractivity (Wildman–Crippen MR) is 100 cm³/mol. The first-order chi connectivity index (χ1) is 9.67. The molecule has 5 nitrogen and oxygen atoms in total. The van der Waals surface area contributed by atoms with Crippen molar-refractivity contribution in [1.82, 2.24) is 20.0 Å². The Kier molecular flexibility index (Phi) is 11.0. The molecule has 0 atom stereocenters. The lowest BCUT2D eigenvalue weighted by molar-refractivity contribution is 0.469. The summed E-state index contributed by atoms with van der Waals surface area (Å²) in [6.07, 6.45) is 10.2. The monoisotopic (exact) mass is 405 g/mol. The number of guanidine groups is 1. The molecule has 0 aromatic carbocycles. The van der Waals surface area contributed by atoms with Crippen LogP contribution in [0.1, 0.15) is 24.8 Å². The van der Waals surface area contributed by atoms with Gasteiger partial charge in [-0.3, -0.25) is 9.67 Å². The topological polar surface area (TPSA) is 45.4 Å². The molecule has 0 saturated carbocycles. The van der Waals surface area contributed by atoms with E-state index in [0.29, 0.717) is 0 Å². The Morgan fingerprint density at radius 3 is 2.86 bits per heavy atom. The Hall–Kier alpha value is -1.05. The number of hydrogen-bond donors (Lipinski definition) is 1. The van der Waals surface area contributed by atoms with Crippen LogP contribution in [-0.2, 0) is 13.5 Å². The third kappa shape index (κ3) is 8.08.